The van der Waals surface area contributed by atoms with Crippen LogP contribution in [0.5, 0.6) is 0 Å². The molecule has 0 aromatic carbocycles. The summed E-state index contributed by atoms with van der Waals surface area (Å²) in [5, 5.41) is 28.8. The largest absolute Gasteiger partial charge is 0.480 e. The minimum absolute atomic E-state index is 0.0213. The fourth-order valence-electron chi connectivity index (χ4n) is 6.11. The van der Waals surface area contributed by atoms with Gasteiger partial charge in [0.05, 0.1) is 39.6 Å². The Morgan fingerprint density at radius 1 is 0.459 bits per heavy atom. The van der Waals surface area contributed by atoms with Gasteiger partial charge in [0.2, 0.25) is 23.6 Å². The molecule has 0 spiro atoms. The second-order valence-corrected chi connectivity index (χ2v) is 15.2. The summed E-state index contributed by atoms with van der Waals surface area (Å²) in [5.74, 6) is -3.50. The van der Waals surface area contributed by atoms with Gasteiger partial charge in [-0.1, -0.05) is 89.9 Å². The van der Waals surface area contributed by atoms with Gasteiger partial charge in [-0.05, 0) is 38.5 Å². The van der Waals surface area contributed by atoms with Gasteiger partial charge in [0.15, 0.2) is 0 Å². The highest BCUT2D eigenvalue weighted by Gasteiger charge is 2.21. The van der Waals surface area contributed by atoms with Crippen molar-refractivity contribution in [3.63, 3.8) is 0 Å². The second kappa shape index (κ2) is 43.0. The number of hydrogen-bond acceptors (Lipinski definition) is 12. The Kier molecular flexibility index (Phi) is 40.3. The number of carbonyl (C=O) groups is 7. The van der Waals surface area contributed by atoms with Crippen molar-refractivity contribution in [3.05, 3.63) is 0 Å². The first-order valence-corrected chi connectivity index (χ1v) is 22.6. The topological polar surface area (TPSA) is 271 Å². The average molecular weight is 874 g/mol. The molecule has 0 radical (unpaired) electrons. The minimum atomic E-state index is -1.18. The standard InChI is InChI=1S/C43H79N5O13/c44-36(42(54)55)20-17-18-24-45-40(52)34-60-32-31-59-29-26-47-41(53)35-61-33-30-58-28-25-46-38(50)23-22-37(43(56)57)48-39(51)21-16-14-12-10-8-6-4-2-1-3-5-7-9-11-13-15-19-27-49/h27,36-37H,1-26,28-35,44H2,(H,45,52)(H,46,50)(H,47,53)(H,48,51)(H,54,55)(H,56,57). The van der Waals surface area contributed by atoms with Gasteiger partial charge in [-0.2, -0.15) is 0 Å². The van der Waals surface area contributed by atoms with Gasteiger partial charge >= 0.3 is 11.9 Å². The molecule has 0 aliphatic rings. The van der Waals surface area contributed by atoms with E-state index in [1.807, 2.05) is 0 Å². The third-order valence-corrected chi connectivity index (χ3v) is 9.70. The third kappa shape index (κ3) is 41.4. The summed E-state index contributed by atoms with van der Waals surface area (Å²) in [6.45, 7) is 1.83. The van der Waals surface area contributed by atoms with Crippen LogP contribution in [0, 0.1) is 0 Å². The van der Waals surface area contributed by atoms with Crippen molar-refractivity contribution in [2.45, 2.75) is 160 Å². The Labute approximate surface area is 363 Å². The van der Waals surface area contributed by atoms with E-state index in [0.717, 1.165) is 32.0 Å². The van der Waals surface area contributed by atoms with Crippen LogP contribution in [0.3, 0.4) is 0 Å². The smallest absolute Gasteiger partial charge is 0.326 e. The van der Waals surface area contributed by atoms with Gasteiger partial charge in [0.1, 0.15) is 31.6 Å². The van der Waals surface area contributed by atoms with Gasteiger partial charge in [0, 0.05) is 38.9 Å². The van der Waals surface area contributed by atoms with E-state index in [9.17, 15) is 38.7 Å². The van der Waals surface area contributed by atoms with Gasteiger partial charge in [0.25, 0.3) is 0 Å². The molecular weight excluding hydrogens is 794 g/mol. The second-order valence-electron chi connectivity index (χ2n) is 15.2. The molecule has 8 N–H and O–H groups in total. The van der Waals surface area contributed by atoms with Crippen LogP contribution in [0.4, 0.5) is 0 Å². The summed E-state index contributed by atoms with van der Waals surface area (Å²) in [6, 6.07) is -2.03. The van der Waals surface area contributed by atoms with Crippen molar-refractivity contribution >= 4 is 41.9 Å². The minimum Gasteiger partial charge on any atom is -0.480 e. The number of carboxylic acid groups (broad SMARTS) is 2. The number of nitrogens with one attached hydrogen (secondary N) is 4. The number of ether oxygens (including phenoxy) is 4. The number of aldehydes is 1. The van der Waals surface area contributed by atoms with Gasteiger partial charge in [-0.15, -0.1) is 0 Å². The lowest BCUT2D eigenvalue weighted by molar-refractivity contribution is -0.142. The van der Waals surface area contributed by atoms with E-state index in [4.69, 9.17) is 29.8 Å². The summed E-state index contributed by atoms with van der Waals surface area (Å²) in [7, 11) is 0. The van der Waals surface area contributed by atoms with Crippen molar-refractivity contribution in [1.82, 2.24) is 21.3 Å². The molecule has 18 heteroatoms. The molecule has 0 saturated heterocycles. The Hall–Kier alpha value is -3.71. The molecule has 4 amide bonds. The van der Waals surface area contributed by atoms with E-state index >= 15 is 0 Å². The summed E-state index contributed by atoms with van der Waals surface area (Å²) in [6.07, 6.45) is 22.2. The SMILES string of the molecule is NC(CCCCNC(=O)COCCOCCNC(=O)COCCOCCNC(=O)CCC(NC(=O)CCCCCCCCCCCCCCCCCCC=O)C(=O)O)C(=O)O. The molecule has 0 rings (SSSR count). The molecule has 0 aromatic heterocycles. The first kappa shape index (κ1) is 57.3. The average Bonchev–Trinajstić information content (AvgIpc) is 3.23. The summed E-state index contributed by atoms with van der Waals surface area (Å²) < 4.78 is 21.2. The molecule has 354 valence electrons. The van der Waals surface area contributed by atoms with Crippen LogP contribution < -0.4 is 27.0 Å². The van der Waals surface area contributed by atoms with Crippen molar-refractivity contribution in [3.8, 4) is 0 Å². The molecule has 0 heterocycles. The van der Waals surface area contributed by atoms with Crippen LogP contribution in [0.25, 0.3) is 0 Å². The van der Waals surface area contributed by atoms with E-state index in [1.54, 1.807) is 0 Å². The van der Waals surface area contributed by atoms with Crippen LogP contribution in [0.1, 0.15) is 148 Å². The molecule has 2 unspecified atom stereocenters. The number of carboxylic acids is 2. The van der Waals surface area contributed by atoms with E-state index in [1.165, 1.54) is 70.6 Å². The van der Waals surface area contributed by atoms with Crippen molar-refractivity contribution in [1.29, 1.82) is 0 Å². The summed E-state index contributed by atoms with van der Waals surface area (Å²) in [5.41, 5.74) is 5.42. The zero-order valence-corrected chi connectivity index (χ0v) is 36.7. The molecular formula is C43H79N5O13. The molecule has 0 aromatic rings. The number of nitrogens with two attached hydrogens (primary N) is 1. The summed E-state index contributed by atoms with van der Waals surface area (Å²) in [4.78, 5) is 80.8. The van der Waals surface area contributed by atoms with Crippen LogP contribution >= 0.6 is 0 Å². The third-order valence-electron chi connectivity index (χ3n) is 9.70. The molecule has 0 aliphatic carbocycles. The quantitative estimate of drug-likeness (QED) is 0.0341. The lowest BCUT2D eigenvalue weighted by Crippen LogP contribution is -2.41. The Bertz CT molecular complexity index is 1160. The number of hydrogen-bond donors (Lipinski definition) is 7. The van der Waals surface area contributed by atoms with Crippen LogP contribution in [0.2, 0.25) is 0 Å². The number of amides is 4. The van der Waals surface area contributed by atoms with Crippen molar-refractivity contribution in [2.75, 3.05) is 72.5 Å². The molecule has 0 fully saturated rings. The van der Waals surface area contributed by atoms with E-state index in [-0.39, 0.29) is 109 Å². The fourth-order valence-corrected chi connectivity index (χ4v) is 6.11. The first-order chi connectivity index (χ1) is 29.6. The maximum absolute atomic E-state index is 12.3. The fraction of sp³-hybridized carbons (Fsp3) is 0.837. The van der Waals surface area contributed by atoms with Gasteiger partial charge in [-0.25, -0.2) is 4.79 Å². The highest BCUT2D eigenvalue weighted by Crippen LogP contribution is 2.14. The predicted molar refractivity (Wildman–Crippen MR) is 230 cm³/mol. The Balaban J connectivity index is 3.64. The number of rotatable bonds is 46. The predicted octanol–water partition coefficient (Wildman–Crippen LogP) is 3.55. The molecule has 0 aliphatic heterocycles. The zero-order valence-electron chi connectivity index (χ0n) is 36.7. The lowest BCUT2D eigenvalue weighted by Gasteiger charge is -2.14. The van der Waals surface area contributed by atoms with Crippen molar-refractivity contribution in [2.24, 2.45) is 5.73 Å². The lowest BCUT2D eigenvalue weighted by atomic mass is 10.0. The van der Waals surface area contributed by atoms with E-state index in [0.29, 0.717) is 38.6 Å². The van der Waals surface area contributed by atoms with Gasteiger partial charge in [-0.3, -0.25) is 24.0 Å². The highest BCUT2D eigenvalue weighted by atomic mass is 16.5. The maximum Gasteiger partial charge on any atom is 0.326 e. The Morgan fingerprint density at radius 2 is 0.902 bits per heavy atom. The normalized spacial score (nSPS) is 12.0. The first-order valence-electron chi connectivity index (χ1n) is 22.6. The molecule has 61 heavy (non-hydrogen) atoms. The number of aliphatic carboxylic acids is 2. The van der Waals surface area contributed by atoms with Crippen LogP contribution in [0.15, 0.2) is 0 Å². The number of unbranched alkanes of at least 4 members (excludes halogenated alkanes) is 17. The monoisotopic (exact) mass is 874 g/mol. The zero-order chi connectivity index (χ0) is 45.0. The van der Waals surface area contributed by atoms with Gasteiger partial charge < -0.3 is 61.0 Å². The van der Waals surface area contributed by atoms with Crippen LogP contribution in [-0.4, -0.2) is 137 Å². The molecule has 18 nitrogen and oxygen atoms in total. The van der Waals surface area contributed by atoms with E-state index < -0.39 is 24.0 Å². The molecule has 0 bridgehead atoms. The summed E-state index contributed by atoms with van der Waals surface area (Å²) >= 11 is 0. The van der Waals surface area contributed by atoms with Crippen molar-refractivity contribution < 1.29 is 62.7 Å². The molecule has 0 saturated carbocycles. The maximum atomic E-state index is 12.3. The van der Waals surface area contributed by atoms with E-state index in [2.05, 4.69) is 21.3 Å². The number of carbonyl (C=O) groups excluding carboxylic acids is 5. The molecule has 2 atom stereocenters. The van der Waals surface area contributed by atoms with Crippen LogP contribution in [-0.2, 0) is 52.5 Å². The Morgan fingerprint density at radius 3 is 1.38 bits per heavy atom. The highest BCUT2D eigenvalue weighted by molar-refractivity contribution is 5.84.